The Morgan fingerprint density at radius 2 is 1.97 bits per heavy atom. The van der Waals surface area contributed by atoms with Gasteiger partial charge in [-0.3, -0.25) is 9.69 Å². The summed E-state index contributed by atoms with van der Waals surface area (Å²) in [6.45, 7) is 5.11. The van der Waals surface area contributed by atoms with Gasteiger partial charge >= 0.3 is 0 Å². The van der Waals surface area contributed by atoms with E-state index in [-0.39, 0.29) is 5.91 Å². The number of unbranched alkanes of at least 4 members (excludes halogenated alkanes) is 1. The maximum Gasteiger partial charge on any atom is 0.266 e. The van der Waals surface area contributed by atoms with Crippen LogP contribution in [0.25, 0.3) is 22.3 Å². The first-order chi connectivity index (χ1) is 15.6. The Labute approximate surface area is 203 Å². The van der Waals surface area contributed by atoms with Gasteiger partial charge in [0.05, 0.1) is 15.5 Å². The molecule has 32 heavy (non-hydrogen) atoms. The topological polar surface area (TPSA) is 38.1 Å². The van der Waals surface area contributed by atoms with Crippen molar-refractivity contribution in [1.29, 1.82) is 0 Å². The summed E-state index contributed by atoms with van der Waals surface area (Å²) in [6.07, 6.45) is 8.50. The number of carbonyl (C=O) groups is 1. The second-order valence-corrected chi connectivity index (χ2v) is 10.5. The molecule has 7 heteroatoms. The molecule has 2 aromatic heterocycles. The summed E-state index contributed by atoms with van der Waals surface area (Å²) in [5.74, 6) is 0.499. The van der Waals surface area contributed by atoms with E-state index < -0.39 is 0 Å². The molecule has 4 nitrogen and oxygen atoms in total. The van der Waals surface area contributed by atoms with Crippen molar-refractivity contribution in [3.63, 3.8) is 0 Å². The number of para-hydroxylation sites is 1. The molecule has 0 bridgehead atoms. The summed E-state index contributed by atoms with van der Waals surface area (Å²) in [5, 5.41) is 6.88. The Bertz CT molecular complexity index is 1100. The molecule has 0 spiro atoms. The van der Waals surface area contributed by atoms with Gasteiger partial charge in [0.2, 0.25) is 0 Å². The number of hydrogen-bond acceptors (Lipinski definition) is 5. The Hall–Kier alpha value is -2.22. The smallest absolute Gasteiger partial charge is 0.266 e. The van der Waals surface area contributed by atoms with E-state index in [1.165, 1.54) is 24.6 Å². The molecule has 1 saturated heterocycles. The highest BCUT2D eigenvalue weighted by Gasteiger charge is 2.33. The van der Waals surface area contributed by atoms with Gasteiger partial charge in [0.25, 0.3) is 5.91 Å². The Balaban J connectivity index is 1.64. The lowest BCUT2D eigenvalue weighted by Gasteiger charge is -2.21. The number of rotatable bonds is 9. The second kappa shape index (κ2) is 10.6. The van der Waals surface area contributed by atoms with Gasteiger partial charge in [0.1, 0.15) is 10.0 Å². The molecule has 1 fully saturated rings. The molecule has 4 rings (SSSR count). The summed E-state index contributed by atoms with van der Waals surface area (Å²) in [4.78, 5) is 16.8. The average molecular weight is 482 g/mol. The van der Waals surface area contributed by atoms with Gasteiger partial charge in [-0.2, -0.15) is 5.10 Å². The van der Waals surface area contributed by atoms with Crippen LogP contribution in [0.15, 0.2) is 58.9 Å². The van der Waals surface area contributed by atoms with E-state index in [0.29, 0.717) is 21.7 Å². The molecule has 1 unspecified atom stereocenters. The van der Waals surface area contributed by atoms with E-state index in [2.05, 4.69) is 19.9 Å². The third-order valence-corrected chi connectivity index (χ3v) is 7.92. The molecular formula is C25H27N3OS3. The standard InChI is InChI=1S/C25H27N3OS3/c1-3-5-10-18(4-2)16-27-24(29)22(32-25(27)30)15-19-17-28(20-11-7-6-8-12-20)26-23(19)21-13-9-14-31-21/h6-9,11-15,17-18H,3-5,10,16H2,1-2H3/b22-15-. The SMILES string of the molecule is CCCCC(CC)CN1C(=O)/C(=C/c2cn(-c3ccccc3)nc2-c2cccs2)SC1=S. The maximum absolute atomic E-state index is 13.2. The van der Waals surface area contributed by atoms with Gasteiger partial charge in [0.15, 0.2) is 0 Å². The fourth-order valence-corrected chi connectivity index (χ4v) is 5.78. The van der Waals surface area contributed by atoms with Crippen LogP contribution in [0.4, 0.5) is 0 Å². The lowest BCUT2D eigenvalue weighted by molar-refractivity contribution is -0.122. The maximum atomic E-state index is 13.2. The van der Waals surface area contributed by atoms with Crippen molar-refractivity contribution < 1.29 is 4.79 Å². The molecule has 1 amide bonds. The predicted octanol–water partition coefficient (Wildman–Crippen LogP) is 7.02. The number of thiocarbonyl (C=S) groups is 1. The van der Waals surface area contributed by atoms with Crippen molar-refractivity contribution in [1.82, 2.24) is 14.7 Å². The predicted molar refractivity (Wildman–Crippen MR) is 140 cm³/mol. The molecule has 3 heterocycles. The lowest BCUT2D eigenvalue weighted by Crippen LogP contribution is -2.33. The molecule has 166 valence electrons. The first-order valence-electron chi connectivity index (χ1n) is 11.0. The monoisotopic (exact) mass is 481 g/mol. The summed E-state index contributed by atoms with van der Waals surface area (Å²) in [5.41, 5.74) is 2.79. The van der Waals surface area contributed by atoms with Gasteiger partial charge in [-0.15, -0.1) is 11.3 Å². The molecule has 0 radical (unpaired) electrons. The van der Waals surface area contributed by atoms with Crippen molar-refractivity contribution in [2.75, 3.05) is 6.54 Å². The van der Waals surface area contributed by atoms with Crippen LogP contribution in [0.5, 0.6) is 0 Å². The molecule has 1 aliphatic rings. The van der Waals surface area contributed by atoms with Crippen LogP contribution in [0.1, 0.15) is 45.1 Å². The van der Waals surface area contributed by atoms with Crippen LogP contribution in [0.3, 0.4) is 0 Å². The fourth-order valence-electron chi connectivity index (χ4n) is 3.78. The highest BCUT2D eigenvalue weighted by Crippen LogP contribution is 2.36. The van der Waals surface area contributed by atoms with Crippen LogP contribution in [-0.2, 0) is 4.79 Å². The van der Waals surface area contributed by atoms with Gasteiger partial charge in [0, 0.05) is 18.3 Å². The Morgan fingerprint density at radius 3 is 2.66 bits per heavy atom. The number of thioether (sulfide) groups is 1. The van der Waals surface area contributed by atoms with Crippen molar-refractivity contribution in [2.45, 2.75) is 39.5 Å². The Morgan fingerprint density at radius 1 is 1.16 bits per heavy atom. The van der Waals surface area contributed by atoms with E-state index in [4.69, 9.17) is 17.3 Å². The second-order valence-electron chi connectivity index (χ2n) is 7.90. The third-order valence-electron chi connectivity index (χ3n) is 5.66. The first kappa shape index (κ1) is 23.0. The van der Waals surface area contributed by atoms with Crippen molar-refractivity contribution in [3.05, 3.63) is 64.5 Å². The molecule has 0 aliphatic carbocycles. The quantitative estimate of drug-likeness (QED) is 0.243. The third kappa shape index (κ3) is 5.05. The number of hydrogen-bond donors (Lipinski definition) is 0. The van der Waals surface area contributed by atoms with E-state index in [1.54, 1.807) is 16.2 Å². The van der Waals surface area contributed by atoms with E-state index in [0.717, 1.165) is 34.7 Å². The summed E-state index contributed by atoms with van der Waals surface area (Å²) in [7, 11) is 0. The van der Waals surface area contributed by atoms with Gasteiger partial charge in [-0.1, -0.05) is 81.4 Å². The number of benzene rings is 1. The summed E-state index contributed by atoms with van der Waals surface area (Å²) in [6, 6.07) is 14.1. The summed E-state index contributed by atoms with van der Waals surface area (Å²) >= 11 is 8.64. The lowest BCUT2D eigenvalue weighted by atomic mass is 9.99. The van der Waals surface area contributed by atoms with Crippen LogP contribution in [0, 0.1) is 5.92 Å². The number of aromatic nitrogens is 2. The van der Waals surface area contributed by atoms with E-state index >= 15 is 0 Å². The zero-order valence-electron chi connectivity index (χ0n) is 18.4. The fraction of sp³-hybridized carbons (Fsp3) is 0.320. The average Bonchev–Trinajstić information content (AvgIpc) is 3.54. The van der Waals surface area contributed by atoms with Crippen molar-refractivity contribution in [2.24, 2.45) is 5.92 Å². The zero-order chi connectivity index (χ0) is 22.5. The molecule has 0 N–H and O–H groups in total. The zero-order valence-corrected chi connectivity index (χ0v) is 20.8. The molecule has 0 saturated carbocycles. The first-order valence-corrected chi connectivity index (χ1v) is 13.2. The Kier molecular flexibility index (Phi) is 7.60. The molecule has 1 atom stereocenters. The largest absolute Gasteiger partial charge is 0.293 e. The van der Waals surface area contributed by atoms with Crippen LogP contribution < -0.4 is 0 Å². The van der Waals surface area contributed by atoms with E-state index in [1.807, 2.05) is 58.7 Å². The van der Waals surface area contributed by atoms with E-state index in [9.17, 15) is 4.79 Å². The number of amides is 1. The molecule has 3 aromatic rings. The number of nitrogens with zero attached hydrogens (tertiary/aromatic N) is 3. The van der Waals surface area contributed by atoms with Crippen LogP contribution in [0.2, 0.25) is 0 Å². The molecule has 1 aromatic carbocycles. The highest BCUT2D eigenvalue weighted by molar-refractivity contribution is 8.26. The van der Waals surface area contributed by atoms with Gasteiger partial charge < -0.3 is 0 Å². The number of thiophene rings is 1. The van der Waals surface area contributed by atoms with Gasteiger partial charge in [-0.05, 0) is 42.0 Å². The minimum Gasteiger partial charge on any atom is -0.293 e. The minimum atomic E-state index is 0.0135. The highest BCUT2D eigenvalue weighted by atomic mass is 32.2. The van der Waals surface area contributed by atoms with Crippen LogP contribution >= 0.6 is 35.3 Å². The normalized spacial score (nSPS) is 16.3. The minimum absolute atomic E-state index is 0.0135. The van der Waals surface area contributed by atoms with Gasteiger partial charge in [-0.25, -0.2) is 4.68 Å². The van der Waals surface area contributed by atoms with Crippen molar-refractivity contribution in [3.8, 4) is 16.3 Å². The van der Waals surface area contributed by atoms with Crippen molar-refractivity contribution >= 4 is 51.6 Å². The summed E-state index contributed by atoms with van der Waals surface area (Å²) < 4.78 is 2.53. The molecule has 1 aliphatic heterocycles. The van der Waals surface area contributed by atoms with Crippen LogP contribution in [-0.4, -0.2) is 31.5 Å². The number of carbonyl (C=O) groups excluding carboxylic acids is 1. The molecular weight excluding hydrogens is 454 g/mol.